The summed E-state index contributed by atoms with van der Waals surface area (Å²) in [5.74, 6) is 0.404. The van der Waals surface area contributed by atoms with Crippen LogP contribution in [0.3, 0.4) is 0 Å². The fourth-order valence-corrected chi connectivity index (χ4v) is 3.61. The quantitative estimate of drug-likeness (QED) is 0.747. The second-order valence-electron chi connectivity index (χ2n) is 6.19. The smallest absolute Gasteiger partial charge is 0.454 e. The summed E-state index contributed by atoms with van der Waals surface area (Å²) in [7, 11) is -4.08. The number of sulfonamides is 1. The Morgan fingerprint density at radius 3 is 2.39 bits per heavy atom. The van der Waals surface area contributed by atoms with Crippen molar-refractivity contribution in [2.24, 2.45) is 0 Å². The van der Waals surface area contributed by atoms with Crippen LogP contribution < -0.4 is 18.9 Å². The molecule has 11 heteroatoms. The van der Waals surface area contributed by atoms with Gasteiger partial charge in [-0.1, -0.05) is 6.07 Å². The Bertz CT molecular complexity index is 958. The van der Waals surface area contributed by atoms with Gasteiger partial charge >= 0.3 is 6.36 Å². The van der Waals surface area contributed by atoms with E-state index in [1.54, 1.807) is 18.2 Å². The molecule has 2 aromatic rings. The van der Waals surface area contributed by atoms with Gasteiger partial charge in [-0.2, -0.15) is 0 Å². The number of ether oxygens (including phenoxy) is 3. The molecule has 1 heterocycles. The molecule has 1 aliphatic heterocycles. The normalized spacial score (nSPS) is 15.9. The van der Waals surface area contributed by atoms with E-state index in [4.69, 9.17) is 9.47 Å². The Morgan fingerprint density at radius 2 is 1.75 bits per heavy atom. The SMILES string of the molecule is CC(O)(CNS(=O)(=O)c1ccc(OC(F)(F)F)cc1)c1ccc2c(c1)OCO2. The number of hydrogen-bond donors (Lipinski definition) is 2. The topological polar surface area (TPSA) is 94.1 Å². The molecule has 0 spiro atoms. The Morgan fingerprint density at radius 1 is 1.11 bits per heavy atom. The molecule has 0 aromatic heterocycles. The Hall–Kier alpha value is -2.50. The molecule has 2 N–H and O–H groups in total. The predicted octanol–water partition coefficient (Wildman–Crippen LogP) is 2.50. The molecule has 1 unspecified atom stereocenters. The van der Waals surface area contributed by atoms with Gasteiger partial charge in [-0.15, -0.1) is 13.2 Å². The molecule has 0 saturated carbocycles. The number of nitrogens with one attached hydrogen (secondary N) is 1. The van der Waals surface area contributed by atoms with Crippen LogP contribution in [0.5, 0.6) is 17.2 Å². The van der Waals surface area contributed by atoms with Crippen LogP contribution in [-0.2, 0) is 15.6 Å². The van der Waals surface area contributed by atoms with E-state index >= 15 is 0 Å². The van der Waals surface area contributed by atoms with E-state index < -0.39 is 27.7 Å². The number of benzene rings is 2. The summed E-state index contributed by atoms with van der Waals surface area (Å²) in [6, 6.07) is 8.43. The van der Waals surface area contributed by atoms with Gasteiger partial charge in [0.25, 0.3) is 0 Å². The van der Waals surface area contributed by atoms with Gasteiger partial charge < -0.3 is 19.3 Å². The molecule has 3 rings (SSSR count). The summed E-state index contributed by atoms with van der Waals surface area (Å²) in [6.07, 6.45) is -4.87. The minimum atomic E-state index is -4.87. The first kappa shape index (κ1) is 20.2. The standard InChI is InChI=1S/C17H16F3NO6S/c1-16(22,11-2-7-14-15(8-11)26-10-25-14)9-21-28(23,24)13-5-3-12(4-6-13)27-17(18,19)20/h2-8,21-22H,9-10H2,1H3. The van der Waals surface area contributed by atoms with Gasteiger partial charge in [-0.05, 0) is 48.9 Å². The van der Waals surface area contributed by atoms with E-state index in [1.807, 2.05) is 0 Å². The largest absolute Gasteiger partial charge is 0.573 e. The highest BCUT2D eigenvalue weighted by Crippen LogP contribution is 2.35. The molecule has 7 nitrogen and oxygen atoms in total. The number of alkyl halides is 3. The van der Waals surface area contributed by atoms with Crippen LogP contribution in [0.4, 0.5) is 13.2 Å². The van der Waals surface area contributed by atoms with Gasteiger partial charge in [0, 0.05) is 6.54 Å². The molecule has 28 heavy (non-hydrogen) atoms. The summed E-state index contributed by atoms with van der Waals surface area (Å²) in [6.45, 7) is 1.09. The van der Waals surface area contributed by atoms with Crippen LogP contribution >= 0.6 is 0 Å². The van der Waals surface area contributed by atoms with Crippen LogP contribution in [0, 0.1) is 0 Å². The van der Waals surface area contributed by atoms with Crippen molar-refractivity contribution in [2.45, 2.75) is 23.8 Å². The Kier molecular flexibility index (Phi) is 5.17. The van der Waals surface area contributed by atoms with Crippen molar-refractivity contribution in [2.75, 3.05) is 13.3 Å². The van der Waals surface area contributed by atoms with Crippen LogP contribution in [0.1, 0.15) is 12.5 Å². The summed E-state index contributed by atoms with van der Waals surface area (Å²) in [5, 5.41) is 10.6. The first-order valence-electron chi connectivity index (χ1n) is 7.94. The van der Waals surface area contributed by atoms with Crippen molar-refractivity contribution in [1.29, 1.82) is 0 Å². The molecule has 152 valence electrons. The predicted molar refractivity (Wildman–Crippen MR) is 90.4 cm³/mol. The highest BCUT2D eigenvalue weighted by Gasteiger charge is 2.31. The molecule has 1 atom stereocenters. The zero-order chi connectivity index (χ0) is 20.6. The van der Waals surface area contributed by atoms with Gasteiger partial charge in [-0.3, -0.25) is 0 Å². The zero-order valence-corrected chi connectivity index (χ0v) is 15.3. The van der Waals surface area contributed by atoms with Crippen molar-refractivity contribution < 1.29 is 40.9 Å². The Labute approximate surface area is 158 Å². The average molecular weight is 419 g/mol. The lowest BCUT2D eigenvalue weighted by Gasteiger charge is -2.24. The van der Waals surface area contributed by atoms with Gasteiger partial charge in [0.05, 0.1) is 4.90 Å². The molecule has 0 fully saturated rings. The van der Waals surface area contributed by atoms with E-state index in [0.29, 0.717) is 17.1 Å². The van der Waals surface area contributed by atoms with Crippen LogP contribution in [0.25, 0.3) is 0 Å². The maximum absolute atomic E-state index is 12.4. The van der Waals surface area contributed by atoms with Crippen molar-refractivity contribution in [3.05, 3.63) is 48.0 Å². The maximum Gasteiger partial charge on any atom is 0.573 e. The third-order valence-corrected chi connectivity index (χ3v) is 5.39. The summed E-state index contributed by atoms with van der Waals surface area (Å²) in [5.41, 5.74) is -1.18. The number of halogens is 3. The van der Waals surface area contributed by atoms with E-state index in [0.717, 1.165) is 24.3 Å². The summed E-state index contributed by atoms with van der Waals surface area (Å²) >= 11 is 0. The van der Waals surface area contributed by atoms with Crippen LogP contribution in [0.15, 0.2) is 47.4 Å². The first-order chi connectivity index (χ1) is 13.0. The molecule has 0 saturated heterocycles. The second-order valence-corrected chi connectivity index (χ2v) is 7.95. The third-order valence-electron chi connectivity index (χ3n) is 3.97. The van der Waals surface area contributed by atoms with E-state index in [1.165, 1.54) is 6.92 Å². The molecule has 0 aliphatic carbocycles. The van der Waals surface area contributed by atoms with Gasteiger partial charge in [0.1, 0.15) is 11.4 Å². The van der Waals surface area contributed by atoms with Gasteiger partial charge in [0.2, 0.25) is 16.8 Å². The summed E-state index contributed by atoms with van der Waals surface area (Å²) in [4.78, 5) is -0.275. The fourth-order valence-electron chi connectivity index (χ4n) is 2.47. The number of aliphatic hydroxyl groups is 1. The van der Waals surface area contributed by atoms with E-state index in [-0.39, 0.29) is 18.2 Å². The van der Waals surface area contributed by atoms with Crippen LogP contribution in [0.2, 0.25) is 0 Å². The fraction of sp³-hybridized carbons (Fsp3) is 0.294. The molecular formula is C17H16F3NO6S. The molecule has 0 amide bonds. The molecular weight excluding hydrogens is 403 g/mol. The minimum absolute atomic E-state index is 0.0571. The van der Waals surface area contributed by atoms with Crippen molar-refractivity contribution in [3.63, 3.8) is 0 Å². The lowest BCUT2D eigenvalue weighted by molar-refractivity contribution is -0.274. The lowest BCUT2D eigenvalue weighted by atomic mass is 9.96. The monoisotopic (exact) mass is 419 g/mol. The maximum atomic E-state index is 12.4. The zero-order valence-electron chi connectivity index (χ0n) is 14.5. The van der Waals surface area contributed by atoms with Gasteiger partial charge in [0.15, 0.2) is 11.5 Å². The molecule has 0 bridgehead atoms. The van der Waals surface area contributed by atoms with E-state index in [2.05, 4.69) is 9.46 Å². The summed E-state index contributed by atoms with van der Waals surface area (Å²) < 4.78 is 77.6. The minimum Gasteiger partial charge on any atom is -0.454 e. The number of hydrogen-bond acceptors (Lipinski definition) is 6. The van der Waals surface area contributed by atoms with Crippen LogP contribution in [-0.4, -0.2) is 33.2 Å². The van der Waals surface area contributed by atoms with Gasteiger partial charge in [-0.25, -0.2) is 13.1 Å². The highest BCUT2D eigenvalue weighted by atomic mass is 32.2. The second kappa shape index (κ2) is 7.15. The average Bonchev–Trinajstić information content (AvgIpc) is 3.07. The van der Waals surface area contributed by atoms with Crippen molar-refractivity contribution in [3.8, 4) is 17.2 Å². The van der Waals surface area contributed by atoms with Crippen molar-refractivity contribution >= 4 is 10.0 Å². The Balaban J connectivity index is 1.70. The first-order valence-corrected chi connectivity index (χ1v) is 9.43. The molecule has 1 aliphatic rings. The number of rotatable bonds is 6. The third kappa shape index (κ3) is 4.66. The van der Waals surface area contributed by atoms with E-state index in [9.17, 15) is 26.7 Å². The molecule has 2 aromatic carbocycles. The number of fused-ring (bicyclic) bond motifs is 1. The lowest BCUT2D eigenvalue weighted by Crippen LogP contribution is -2.38. The van der Waals surface area contributed by atoms with Crippen molar-refractivity contribution in [1.82, 2.24) is 4.72 Å². The molecule has 0 radical (unpaired) electrons. The highest BCUT2D eigenvalue weighted by molar-refractivity contribution is 7.89.